The zero-order chi connectivity index (χ0) is 28.8. The zero-order valence-corrected chi connectivity index (χ0v) is 28.3. The monoisotopic (exact) mass is 561 g/mol. The summed E-state index contributed by atoms with van der Waals surface area (Å²) in [6.07, 6.45) is 48.5. The highest BCUT2D eigenvalue weighted by Crippen LogP contribution is 2.24. The SMILES string of the molecule is CCCCCCCCCCCCCCCN1C=CN(CCCCCCCCCCCCCC)C1CCCCCC. The standard InChI is InChI=1S/C38H76N2/c1-4-7-10-13-15-17-19-21-23-25-27-29-32-35-40-37-36-39(38(40)33-30-12-9-6-3)34-31-28-26-24-22-20-18-16-14-11-8-5-2/h36-38H,4-35H2,1-3H3. The van der Waals surface area contributed by atoms with Gasteiger partial charge in [-0.2, -0.15) is 0 Å². The third kappa shape index (κ3) is 22.0. The molecule has 0 aromatic heterocycles. The van der Waals surface area contributed by atoms with Gasteiger partial charge in [-0.25, -0.2) is 0 Å². The topological polar surface area (TPSA) is 6.48 Å². The van der Waals surface area contributed by atoms with Crippen LogP contribution in [0.5, 0.6) is 0 Å². The summed E-state index contributed by atoms with van der Waals surface area (Å²) in [6.45, 7) is 9.48. The van der Waals surface area contributed by atoms with E-state index in [1.165, 1.54) is 206 Å². The largest absolute Gasteiger partial charge is 0.356 e. The van der Waals surface area contributed by atoms with E-state index in [0.29, 0.717) is 6.17 Å². The van der Waals surface area contributed by atoms with Crippen LogP contribution in [0.25, 0.3) is 0 Å². The number of hydrogen-bond donors (Lipinski definition) is 0. The highest BCUT2D eigenvalue weighted by Gasteiger charge is 2.24. The van der Waals surface area contributed by atoms with E-state index in [1.54, 1.807) is 0 Å². The molecule has 40 heavy (non-hydrogen) atoms. The van der Waals surface area contributed by atoms with Gasteiger partial charge in [0.05, 0.1) is 0 Å². The Balaban J connectivity index is 2.10. The van der Waals surface area contributed by atoms with Crippen LogP contribution in [0.15, 0.2) is 12.4 Å². The van der Waals surface area contributed by atoms with Gasteiger partial charge in [0, 0.05) is 25.5 Å². The smallest absolute Gasteiger partial charge is 0.101 e. The summed E-state index contributed by atoms with van der Waals surface area (Å²) in [6, 6.07) is 0. The molecule has 1 heterocycles. The van der Waals surface area contributed by atoms with Crippen molar-refractivity contribution >= 4 is 0 Å². The van der Waals surface area contributed by atoms with Gasteiger partial charge < -0.3 is 9.80 Å². The zero-order valence-electron chi connectivity index (χ0n) is 28.3. The first-order chi connectivity index (χ1) is 19.8. The molecule has 2 nitrogen and oxygen atoms in total. The van der Waals surface area contributed by atoms with Gasteiger partial charge in [-0.15, -0.1) is 0 Å². The molecular weight excluding hydrogens is 484 g/mol. The van der Waals surface area contributed by atoms with E-state index in [-0.39, 0.29) is 0 Å². The third-order valence-electron chi connectivity index (χ3n) is 9.32. The first kappa shape index (κ1) is 37.4. The maximum Gasteiger partial charge on any atom is 0.101 e. The van der Waals surface area contributed by atoms with E-state index in [2.05, 4.69) is 43.0 Å². The molecule has 0 spiro atoms. The quantitative estimate of drug-likeness (QED) is 0.0755. The Morgan fingerprint density at radius 3 is 0.875 bits per heavy atom. The molecule has 0 aromatic carbocycles. The molecule has 0 amide bonds. The summed E-state index contributed by atoms with van der Waals surface area (Å²) in [5.74, 6) is 0. The second-order valence-corrected chi connectivity index (χ2v) is 13.2. The maximum atomic E-state index is 2.70. The summed E-state index contributed by atoms with van der Waals surface area (Å²) in [5, 5.41) is 0. The molecule has 0 bridgehead atoms. The van der Waals surface area contributed by atoms with Crippen LogP contribution in [0, 0.1) is 0 Å². The average molecular weight is 561 g/mol. The molecule has 0 saturated carbocycles. The van der Waals surface area contributed by atoms with Crippen molar-refractivity contribution in [2.24, 2.45) is 0 Å². The minimum absolute atomic E-state index is 0.641. The van der Waals surface area contributed by atoms with Crippen molar-refractivity contribution in [3.63, 3.8) is 0 Å². The molecule has 1 unspecified atom stereocenters. The molecule has 0 radical (unpaired) electrons. The van der Waals surface area contributed by atoms with Gasteiger partial charge in [0.1, 0.15) is 6.17 Å². The Kier molecular flexibility index (Phi) is 27.9. The lowest BCUT2D eigenvalue weighted by Crippen LogP contribution is -2.39. The van der Waals surface area contributed by atoms with Gasteiger partial charge in [-0.1, -0.05) is 188 Å². The van der Waals surface area contributed by atoms with Crippen LogP contribution in [0.4, 0.5) is 0 Å². The van der Waals surface area contributed by atoms with Gasteiger partial charge in [0.15, 0.2) is 0 Å². The lowest BCUT2D eigenvalue weighted by Gasteiger charge is -2.33. The van der Waals surface area contributed by atoms with E-state index in [0.717, 1.165) is 0 Å². The van der Waals surface area contributed by atoms with Gasteiger partial charge in [-0.3, -0.25) is 0 Å². The summed E-state index contributed by atoms with van der Waals surface area (Å²) in [7, 11) is 0. The molecule has 1 aliphatic heterocycles. The van der Waals surface area contributed by atoms with Crippen molar-refractivity contribution in [2.75, 3.05) is 13.1 Å². The Morgan fingerprint density at radius 1 is 0.325 bits per heavy atom. The van der Waals surface area contributed by atoms with Crippen molar-refractivity contribution in [2.45, 2.75) is 220 Å². The molecular formula is C38H76N2. The maximum absolute atomic E-state index is 2.70. The fraction of sp³-hybridized carbons (Fsp3) is 0.947. The minimum Gasteiger partial charge on any atom is -0.356 e. The number of nitrogens with zero attached hydrogens (tertiary/aromatic N) is 2. The Bertz CT molecular complexity index is 516. The first-order valence-electron chi connectivity index (χ1n) is 19.0. The summed E-state index contributed by atoms with van der Waals surface area (Å²) in [5.41, 5.74) is 0. The second-order valence-electron chi connectivity index (χ2n) is 13.2. The first-order valence-corrected chi connectivity index (χ1v) is 19.0. The van der Waals surface area contributed by atoms with E-state index < -0.39 is 0 Å². The van der Waals surface area contributed by atoms with Crippen molar-refractivity contribution in [1.82, 2.24) is 9.80 Å². The van der Waals surface area contributed by atoms with E-state index in [1.807, 2.05) is 0 Å². The summed E-state index contributed by atoms with van der Waals surface area (Å²) < 4.78 is 0. The highest BCUT2D eigenvalue weighted by molar-refractivity contribution is 4.97. The van der Waals surface area contributed by atoms with Crippen LogP contribution < -0.4 is 0 Å². The predicted octanol–water partition coefficient (Wildman–Crippen LogP) is 13.2. The second kappa shape index (κ2) is 29.8. The fourth-order valence-corrected chi connectivity index (χ4v) is 6.54. The fourth-order valence-electron chi connectivity index (χ4n) is 6.54. The molecule has 238 valence electrons. The van der Waals surface area contributed by atoms with Gasteiger partial charge in [0.25, 0.3) is 0 Å². The molecule has 0 aliphatic carbocycles. The molecule has 1 aliphatic rings. The number of hydrogen-bond acceptors (Lipinski definition) is 2. The summed E-state index contributed by atoms with van der Waals surface area (Å²) in [4.78, 5) is 5.40. The Labute approximate surface area is 254 Å². The van der Waals surface area contributed by atoms with Crippen LogP contribution in [0.2, 0.25) is 0 Å². The average Bonchev–Trinajstić information content (AvgIpc) is 3.35. The van der Waals surface area contributed by atoms with Gasteiger partial charge in [0.2, 0.25) is 0 Å². The molecule has 2 heteroatoms. The van der Waals surface area contributed by atoms with Crippen LogP contribution in [0.1, 0.15) is 213 Å². The van der Waals surface area contributed by atoms with Crippen molar-refractivity contribution in [3.8, 4) is 0 Å². The third-order valence-corrected chi connectivity index (χ3v) is 9.32. The normalized spacial score (nSPS) is 15.1. The lowest BCUT2D eigenvalue weighted by molar-refractivity contribution is 0.135. The molecule has 1 rings (SSSR count). The van der Waals surface area contributed by atoms with E-state index in [9.17, 15) is 0 Å². The van der Waals surface area contributed by atoms with E-state index >= 15 is 0 Å². The van der Waals surface area contributed by atoms with Crippen molar-refractivity contribution < 1.29 is 0 Å². The van der Waals surface area contributed by atoms with Crippen LogP contribution >= 0.6 is 0 Å². The van der Waals surface area contributed by atoms with Crippen molar-refractivity contribution in [3.05, 3.63) is 12.4 Å². The molecule has 1 atom stereocenters. The lowest BCUT2D eigenvalue weighted by atomic mass is 10.0. The Hall–Kier alpha value is -0.660. The van der Waals surface area contributed by atoms with E-state index in [4.69, 9.17) is 0 Å². The van der Waals surface area contributed by atoms with Crippen LogP contribution in [0.3, 0.4) is 0 Å². The molecule has 0 aromatic rings. The summed E-state index contributed by atoms with van der Waals surface area (Å²) >= 11 is 0. The van der Waals surface area contributed by atoms with Crippen LogP contribution in [-0.4, -0.2) is 29.1 Å². The van der Waals surface area contributed by atoms with Crippen LogP contribution in [-0.2, 0) is 0 Å². The number of rotatable bonds is 32. The molecule has 0 saturated heterocycles. The predicted molar refractivity (Wildman–Crippen MR) is 182 cm³/mol. The highest BCUT2D eigenvalue weighted by atomic mass is 15.4. The molecule has 0 fully saturated rings. The number of unbranched alkanes of at least 4 members (excludes halogenated alkanes) is 26. The molecule has 0 N–H and O–H groups in total. The minimum atomic E-state index is 0.641. The van der Waals surface area contributed by atoms with Gasteiger partial charge in [-0.05, 0) is 25.7 Å². The van der Waals surface area contributed by atoms with Gasteiger partial charge >= 0.3 is 0 Å². The van der Waals surface area contributed by atoms with Crippen molar-refractivity contribution in [1.29, 1.82) is 0 Å². The Morgan fingerprint density at radius 2 is 0.575 bits per heavy atom.